The van der Waals surface area contributed by atoms with Crippen LogP contribution in [0.25, 0.3) is 0 Å². The van der Waals surface area contributed by atoms with Gasteiger partial charge in [0.25, 0.3) is 0 Å². The van der Waals surface area contributed by atoms with E-state index in [1.54, 1.807) is 6.07 Å². The van der Waals surface area contributed by atoms with E-state index in [-0.39, 0.29) is 17.8 Å². The summed E-state index contributed by atoms with van der Waals surface area (Å²) < 4.78 is 19.2. The van der Waals surface area contributed by atoms with Crippen molar-refractivity contribution in [3.63, 3.8) is 0 Å². The van der Waals surface area contributed by atoms with Crippen molar-refractivity contribution in [1.29, 1.82) is 0 Å². The summed E-state index contributed by atoms with van der Waals surface area (Å²) in [5, 5.41) is 9.91. The van der Waals surface area contributed by atoms with Gasteiger partial charge in [0.05, 0.1) is 24.6 Å². The number of methoxy groups -OCH3 is 1. The van der Waals surface area contributed by atoms with Gasteiger partial charge in [0.2, 0.25) is 0 Å². The van der Waals surface area contributed by atoms with E-state index in [1.165, 1.54) is 13.2 Å². The predicted octanol–water partition coefficient (Wildman–Crippen LogP) is 1.62. The van der Waals surface area contributed by atoms with Crippen molar-refractivity contribution < 1.29 is 14.2 Å². The number of rotatable bonds is 2. The molecule has 1 aromatic carbocycles. The van der Waals surface area contributed by atoms with E-state index in [0.717, 1.165) is 19.4 Å². The molecule has 4 nitrogen and oxygen atoms in total. The Kier molecular flexibility index (Phi) is 3.01. The van der Waals surface area contributed by atoms with Gasteiger partial charge in [-0.3, -0.25) is 0 Å². The zero-order valence-electron chi connectivity index (χ0n) is 11.0. The van der Waals surface area contributed by atoms with Crippen LogP contribution in [-0.4, -0.2) is 31.4 Å². The fourth-order valence-electron chi connectivity index (χ4n) is 3.41. The van der Waals surface area contributed by atoms with Crippen molar-refractivity contribution in [2.45, 2.75) is 18.9 Å². The molecule has 1 aliphatic heterocycles. The normalized spacial score (nSPS) is 29.6. The molecule has 104 valence electrons. The van der Waals surface area contributed by atoms with Crippen molar-refractivity contribution in [1.82, 2.24) is 0 Å². The Hall–Kier alpha value is -1.49. The third-order valence-corrected chi connectivity index (χ3v) is 4.46. The first-order valence-corrected chi connectivity index (χ1v) is 6.66. The van der Waals surface area contributed by atoms with Gasteiger partial charge >= 0.3 is 0 Å². The number of nitrogens with zero attached hydrogens (tertiary/aromatic N) is 1. The molecule has 3 atom stereocenters. The molecule has 5 heteroatoms. The summed E-state index contributed by atoms with van der Waals surface area (Å²) in [6, 6.07) is 2.96. The lowest BCUT2D eigenvalue weighted by Crippen LogP contribution is -2.25. The van der Waals surface area contributed by atoms with Gasteiger partial charge in [0.15, 0.2) is 0 Å². The number of fused-ring (bicyclic) bond motifs is 1. The maximum absolute atomic E-state index is 14.1. The monoisotopic (exact) mass is 266 g/mol. The number of hydrogen-bond acceptors (Lipinski definition) is 4. The maximum atomic E-state index is 14.1. The largest absolute Gasteiger partial charge is 0.495 e. The highest BCUT2D eigenvalue weighted by molar-refractivity contribution is 5.63. The number of aliphatic hydroxyl groups excluding tert-OH is 1. The number of ether oxygens (including phenoxy) is 1. The fourth-order valence-corrected chi connectivity index (χ4v) is 3.41. The molecule has 3 N–H and O–H groups in total. The summed E-state index contributed by atoms with van der Waals surface area (Å²) in [6.45, 7) is 1.50. The molecule has 2 aliphatic rings. The van der Waals surface area contributed by atoms with Crippen LogP contribution in [0.15, 0.2) is 12.1 Å². The molecule has 0 spiro atoms. The van der Waals surface area contributed by atoms with Gasteiger partial charge in [-0.05, 0) is 18.8 Å². The molecule has 19 heavy (non-hydrogen) atoms. The number of hydrogen-bond donors (Lipinski definition) is 2. The Labute approximate surface area is 112 Å². The molecule has 0 bridgehead atoms. The second kappa shape index (κ2) is 4.56. The molecule has 2 fully saturated rings. The van der Waals surface area contributed by atoms with E-state index < -0.39 is 0 Å². The topological polar surface area (TPSA) is 58.7 Å². The van der Waals surface area contributed by atoms with Crippen LogP contribution < -0.4 is 15.4 Å². The smallest absolute Gasteiger partial charge is 0.148 e. The van der Waals surface area contributed by atoms with Crippen molar-refractivity contribution in [3.8, 4) is 5.75 Å². The number of aliphatic hydroxyl groups is 1. The molecular formula is C14H19FN2O2. The van der Waals surface area contributed by atoms with Crippen molar-refractivity contribution in [2.75, 3.05) is 30.8 Å². The molecule has 0 aromatic heterocycles. The van der Waals surface area contributed by atoms with Gasteiger partial charge in [0, 0.05) is 31.1 Å². The molecule has 3 unspecified atom stereocenters. The molecular weight excluding hydrogens is 247 g/mol. The first-order valence-electron chi connectivity index (χ1n) is 6.66. The highest BCUT2D eigenvalue weighted by atomic mass is 19.1. The Morgan fingerprint density at radius 1 is 1.37 bits per heavy atom. The lowest BCUT2D eigenvalue weighted by atomic mass is 10.00. The highest BCUT2D eigenvalue weighted by Gasteiger charge is 2.42. The molecule has 0 radical (unpaired) electrons. The summed E-state index contributed by atoms with van der Waals surface area (Å²) in [4.78, 5) is 2.00. The third-order valence-electron chi connectivity index (χ3n) is 4.46. The van der Waals surface area contributed by atoms with E-state index in [4.69, 9.17) is 10.5 Å². The molecule has 0 amide bonds. The molecule has 1 aliphatic carbocycles. The minimum Gasteiger partial charge on any atom is -0.495 e. The van der Waals surface area contributed by atoms with Gasteiger partial charge in [-0.25, -0.2) is 4.39 Å². The van der Waals surface area contributed by atoms with Crippen LogP contribution in [0.4, 0.5) is 15.8 Å². The first kappa shape index (κ1) is 12.5. The summed E-state index contributed by atoms with van der Waals surface area (Å²) in [5.74, 6) is 0.905. The zero-order valence-corrected chi connectivity index (χ0v) is 11.0. The van der Waals surface area contributed by atoms with Crippen molar-refractivity contribution in [3.05, 3.63) is 17.9 Å². The number of halogens is 1. The lowest BCUT2D eigenvalue weighted by molar-refractivity contribution is 0.133. The standard InChI is InChI=1S/C14H19FN2O2/c1-19-14-5-12(10(15)4-11(14)16)17-6-8-2-3-13(18)9(8)7-17/h4-5,8-9,13,18H,2-3,6-7,16H2,1H3. The summed E-state index contributed by atoms with van der Waals surface area (Å²) in [5.41, 5.74) is 6.52. The van der Waals surface area contributed by atoms with E-state index in [1.807, 2.05) is 4.90 Å². The average molecular weight is 266 g/mol. The Morgan fingerprint density at radius 2 is 2.16 bits per heavy atom. The van der Waals surface area contributed by atoms with Crippen LogP contribution in [0.2, 0.25) is 0 Å². The average Bonchev–Trinajstić information content (AvgIpc) is 2.92. The summed E-state index contributed by atoms with van der Waals surface area (Å²) in [6.07, 6.45) is 1.65. The highest BCUT2D eigenvalue weighted by Crippen LogP contribution is 2.41. The summed E-state index contributed by atoms with van der Waals surface area (Å²) >= 11 is 0. The SMILES string of the molecule is COc1cc(N2CC3CCC(O)C3C2)c(F)cc1N. The van der Waals surface area contributed by atoms with Gasteiger partial charge in [-0.2, -0.15) is 0 Å². The second-order valence-electron chi connectivity index (χ2n) is 5.52. The first-order chi connectivity index (χ1) is 9.10. The van der Waals surface area contributed by atoms with Crippen LogP contribution in [-0.2, 0) is 0 Å². The number of nitrogen functional groups attached to an aromatic ring is 1. The van der Waals surface area contributed by atoms with Crippen molar-refractivity contribution >= 4 is 11.4 Å². The van der Waals surface area contributed by atoms with Crippen molar-refractivity contribution in [2.24, 2.45) is 11.8 Å². The minimum atomic E-state index is -0.326. The quantitative estimate of drug-likeness (QED) is 0.799. The Bertz CT molecular complexity index is 495. The third kappa shape index (κ3) is 2.02. The summed E-state index contributed by atoms with van der Waals surface area (Å²) in [7, 11) is 1.52. The van der Waals surface area contributed by atoms with E-state index in [9.17, 15) is 9.50 Å². The lowest BCUT2D eigenvalue weighted by Gasteiger charge is -2.22. The van der Waals surface area contributed by atoms with E-state index >= 15 is 0 Å². The van der Waals surface area contributed by atoms with E-state index in [2.05, 4.69) is 0 Å². The van der Waals surface area contributed by atoms with Crippen LogP contribution >= 0.6 is 0 Å². The van der Waals surface area contributed by atoms with Crippen LogP contribution in [0.5, 0.6) is 5.75 Å². The van der Waals surface area contributed by atoms with Gasteiger partial charge in [0.1, 0.15) is 11.6 Å². The van der Waals surface area contributed by atoms with Crippen LogP contribution in [0.3, 0.4) is 0 Å². The molecule has 1 heterocycles. The number of benzene rings is 1. The molecule has 1 saturated carbocycles. The van der Waals surface area contributed by atoms with Crippen LogP contribution in [0, 0.1) is 17.7 Å². The maximum Gasteiger partial charge on any atom is 0.148 e. The fraction of sp³-hybridized carbons (Fsp3) is 0.571. The van der Waals surface area contributed by atoms with E-state index in [0.29, 0.717) is 29.6 Å². The Morgan fingerprint density at radius 3 is 2.84 bits per heavy atom. The molecule has 1 saturated heterocycles. The van der Waals surface area contributed by atoms with Gasteiger partial charge in [-0.15, -0.1) is 0 Å². The van der Waals surface area contributed by atoms with Gasteiger partial charge < -0.3 is 20.5 Å². The number of anilines is 2. The number of nitrogens with two attached hydrogens (primary N) is 1. The zero-order chi connectivity index (χ0) is 13.6. The predicted molar refractivity (Wildman–Crippen MR) is 71.8 cm³/mol. The minimum absolute atomic E-state index is 0.242. The Balaban J connectivity index is 1.87. The van der Waals surface area contributed by atoms with Crippen LogP contribution in [0.1, 0.15) is 12.8 Å². The molecule has 1 aromatic rings. The van der Waals surface area contributed by atoms with Gasteiger partial charge in [-0.1, -0.05) is 0 Å². The molecule has 3 rings (SSSR count). The second-order valence-corrected chi connectivity index (χ2v) is 5.52.